The minimum atomic E-state index is -1.02. The van der Waals surface area contributed by atoms with Gasteiger partial charge in [0.2, 0.25) is 0 Å². The fourth-order valence-electron chi connectivity index (χ4n) is 0.973. The van der Waals surface area contributed by atoms with Crippen LogP contribution in [0.1, 0.15) is 5.56 Å². The Morgan fingerprint density at radius 2 is 1.80 bits per heavy atom. The quantitative estimate of drug-likeness (QED) is 0.616. The van der Waals surface area contributed by atoms with E-state index in [1.807, 2.05) is 0 Å². The number of carboxylic acid groups (broad SMARTS) is 1. The molecule has 0 spiro atoms. The summed E-state index contributed by atoms with van der Waals surface area (Å²) in [6.07, 6.45) is 0.273. The Morgan fingerprint density at radius 3 is 2.20 bits per heavy atom. The van der Waals surface area contributed by atoms with Crippen LogP contribution >= 0.6 is 0 Å². The fraction of sp³-hybridized carbons (Fsp3) is 0.222. The molecule has 6 nitrogen and oxygen atoms in total. The molecule has 1 rings (SSSR count). The summed E-state index contributed by atoms with van der Waals surface area (Å²) in [6, 6.07) is 5.42. The first-order valence-corrected chi connectivity index (χ1v) is 4.06. The van der Waals surface area contributed by atoms with Crippen molar-refractivity contribution in [2.45, 2.75) is 12.5 Å². The van der Waals surface area contributed by atoms with Crippen molar-refractivity contribution < 1.29 is 15.0 Å². The van der Waals surface area contributed by atoms with Crippen LogP contribution in [0, 0.1) is 10.8 Å². The van der Waals surface area contributed by atoms with Gasteiger partial charge in [0.05, 0.1) is 0 Å². The lowest BCUT2D eigenvalue weighted by molar-refractivity contribution is -0.138. The molecule has 4 N–H and O–H groups in total. The molecular weight excluding hydrogens is 198 g/mol. The average Bonchev–Trinajstić information content (AvgIpc) is 2.24. The SMILES string of the molecule is N#N.NC(Cc1ccc(O)cc1)C(=O)O. The first-order chi connectivity index (χ1) is 7.09. The Balaban J connectivity index is 0.000000921. The Bertz CT molecular complexity index is 334. The Labute approximate surface area is 86.4 Å². The van der Waals surface area contributed by atoms with Crippen LogP contribution < -0.4 is 5.73 Å². The van der Waals surface area contributed by atoms with E-state index in [1.165, 1.54) is 12.1 Å². The van der Waals surface area contributed by atoms with Crippen LogP contribution in [0.3, 0.4) is 0 Å². The summed E-state index contributed by atoms with van der Waals surface area (Å²) in [6.45, 7) is 0. The van der Waals surface area contributed by atoms with Crippen LogP contribution in [0.4, 0.5) is 0 Å². The predicted octanol–water partition coefficient (Wildman–Crippen LogP) is 0.377. The molecule has 0 aliphatic carbocycles. The van der Waals surface area contributed by atoms with Crippen molar-refractivity contribution in [3.63, 3.8) is 0 Å². The van der Waals surface area contributed by atoms with Gasteiger partial charge < -0.3 is 15.9 Å². The highest BCUT2D eigenvalue weighted by Gasteiger charge is 2.11. The highest BCUT2D eigenvalue weighted by Crippen LogP contribution is 2.10. The van der Waals surface area contributed by atoms with Gasteiger partial charge in [0.25, 0.3) is 0 Å². The summed E-state index contributed by atoms with van der Waals surface area (Å²) in [5.41, 5.74) is 6.12. The molecule has 0 aliphatic heterocycles. The largest absolute Gasteiger partial charge is 0.508 e. The topological polar surface area (TPSA) is 131 Å². The van der Waals surface area contributed by atoms with E-state index in [0.29, 0.717) is 0 Å². The third kappa shape index (κ3) is 4.59. The lowest BCUT2D eigenvalue weighted by atomic mass is 10.1. The maximum absolute atomic E-state index is 10.4. The maximum Gasteiger partial charge on any atom is 0.320 e. The molecule has 0 aromatic heterocycles. The number of phenols is 1. The normalized spacial score (nSPS) is 10.9. The van der Waals surface area contributed by atoms with E-state index in [9.17, 15) is 4.79 Å². The highest BCUT2D eigenvalue weighted by atomic mass is 16.4. The standard InChI is InChI=1S/C9H11NO3.N2/c10-8(9(12)13)5-6-1-3-7(11)4-2-6;1-2/h1-4,8,11H,5,10H2,(H,12,13);. The average molecular weight is 209 g/mol. The van der Waals surface area contributed by atoms with Gasteiger partial charge in [0, 0.05) is 10.8 Å². The number of nitrogens with two attached hydrogens (primary N) is 1. The zero-order chi connectivity index (χ0) is 11.8. The van der Waals surface area contributed by atoms with E-state index < -0.39 is 12.0 Å². The second kappa shape index (κ2) is 6.34. The molecule has 0 bridgehead atoms. The van der Waals surface area contributed by atoms with Crippen molar-refractivity contribution >= 4 is 5.97 Å². The monoisotopic (exact) mass is 209 g/mol. The molecule has 0 saturated carbocycles. The fourth-order valence-corrected chi connectivity index (χ4v) is 0.973. The van der Waals surface area contributed by atoms with Gasteiger partial charge in [-0.25, -0.2) is 0 Å². The highest BCUT2D eigenvalue weighted by molar-refractivity contribution is 5.73. The molecule has 0 radical (unpaired) electrons. The number of rotatable bonds is 3. The number of carbonyl (C=O) groups is 1. The van der Waals surface area contributed by atoms with Crippen molar-refractivity contribution in [3.8, 4) is 5.75 Å². The number of aliphatic carboxylic acids is 1. The molecular formula is C9H11N3O3. The van der Waals surface area contributed by atoms with E-state index in [2.05, 4.69) is 0 Å². The minimum Gasteiger partial charge on any atom is -0.508 e. The van der Waals surface area contributed by atoms with Crippen LogP contribution in [-0.4, -0.2) is 22.2 Å². The van der Waals surface area contributed by atoms with E-state index in [-0.39, 0.29) is 12.2 Å². The molecule has 1 unspecified atom stereocenters. The van der Waals surface area contributed by atoms with Gasteiger partial charge in [0.1, 0.15) is 11.8 Å². The second-order valence-electron chi connectivity index (χ2n) is 2.82. The van der Waals surface area contributed by atoms with Gasteiger partial charge in [-0.3, -0.25) is 4.79 Å². The first-order valence-electron chi connectivity index (χ1n) is 4.06. The van der Waals surface area contributed by atoms with Crippen LogP contribution in [0.5, 0.6) is 5.75 Å². The molecule has 0 heterocycles. The van der Waals surface area contributed by atoms with Crippen molar-refractivity contribution in [3.05, 3.63) is 29.8 Å². The molecule has 0 fully saturated rings. The first kappa shape index (κ1) is 12.9. The zero-order valence-corrected chi connectivity index (χ0v) is 7.87. The number of nitrogens with zero attached hydrogens (tertiary/aromatic N) is 2. The number of carboxylic acids is 1. The number of benzene rings is 1. The molecule has 0 saturated heterocycles. The molecule has 15 heavy (non-hydrogen) atoms. The zero-order valence-electron chi connectivity index (χ0n) is 7.87. The third-order valence-electron chi connectivity index (χ3n) is 1.71. The van der Waals surface area contributed by atoms with Crippen LogP contribution in [0.2, 0.25) is 0 Å². The minimum absolute atomic E-state index is 0.160. The van der Waals surface area contributed by atoms with Crippen LogP contribution in [0.15, 0.2) is 24.3 Å². The molecule has 0 aliphatic rings. The van der Waals surface area contributed by atoms with E-state index >= 15 is 0 Å². The van der Waals surface area contributed by atoms with Crippen LogP contribution in [-0.2, 0) is 11.2 Å². The summed E-state index contributed by atoms with van der Waals surface area (Å²) in [4.78, 5) is 10.4. The van der Waals surface area contributed by atoms with Crippen molar-refractivity contribution in [1.29, 1.82) is 10.8 Å². The summed E-state index contributed by atoms with van der Waals surface area (Å²) in [7, 11) is 0. The number of phenolic OH excluding ortho intramolecular Hbond substituents is 1. The molecule has 1 atom stereocenters. The van der Waals surface area contributed by atoms with Gasteiger partial charge in [0.15, 0.2) is 0 Å². The van der Waals surface area contributed by atoms with Gasteiger partial charge in [-0.2, -0.15) is 0 Å². The Kier molecular flexibility index (Phi) is 5.44. The summed E-state index contributed by atoms with van der Waals surface area (Å²) >= 11 is 0. The number of aromatic hydroxyl groups is 1. The maximum atomic E-state index is 10.4. The second-order valence-corrected chi connectivity index (χ2v) is 2.82. The lowest BCUT2D eigenvalue weighted by Crippen LogP contribution is -2.32. The van der Waals surface area contributed by atoms with Gasteiger partial charge in [-0.05, 0) is 24.1 Å². The van der Waals surface area contributed by atoms with Gasteiger partial charge >= 0.3 is 5.97 Å². The third-order valence-corrected chi connectivity index (χ3v) is 1.71. The molecule has 1 aromatic rings. The predicted molar refractivity (Wildman–Crippen MR) is 50.9 cm³/mol. The van der Waals surface area contributed by atoms with Crippen molar-refractivity contribution in [2.24, 2.45) is 5.73 Å². The van der Waals surface area contributed by atoms with E-state index in [1.54, 1.807) is 12.1 Å². The molecule has 1 aromatic carbocycles. The van der Waals surface area contributed by atoms with E-state index in [4.69, 9.17) is 26.7 Å². The number of hydrogen-bond donors (Lipinski definition) is 3. The van der Waals surface area contributed by atoms with Crippen molar-refractivity contribution in [2.75, 3.05) is 0 Å². The van der Waals surface area contributed by atoms with Gasteiger partial charge in [-0.1, -0.05) is 12.1 Å². The number of hydrogen-bond acceptors (Lipinski definition) is 5. The molecule has 80 valence electrons. The molecule has 6 heteroatoms. The van der Waals surface area contributed by atoms with Gasteiger partial charge in [-0.15, -0.1) is 0 Å². The smallest absolute Gasteiger partial charge is 0.320 e. The Hall–Kier alpha value is -2.13. The van der Waals surface area contributed by atoms with Crippen molar-refractivity contribution in [1.82, 2.24) is 0 Å². The summed E-state index contributed by atoms with van der Waals surface area (Å²) in [5.74, 6) is -0.860. The molecule has 0 amide bonds. The lowest BCUT2D eigenvalue weighted by Gasteiger charge is -2.05. The Morgan fingerprint density at radius 1 is 1.33 bits per heavy atom. The summed E-state index contributed by atoms with van der Waals surface area (Å²) in [5, 5.41) is 29.5. The summed E-state index contributed by atoms with van der Waals surface area (Å²) < 4.78 is 0. The van der Waals surface area contributed by atoms with E-state index in [0.717, 1.165) is 5.56 Å². The van der Waals surface area contributed by atoms with Crippen LogP contribution in [0.25, 0.3) is 0 Å².